The van der Waals surface area contributed by atoms with E-state index in [9.17, 15) is 9.59 Å². The van der Waals surface area contributed by atoms with Crippen molar-refractivity contribution in [3.63, 3.8) is 0 Å². The number of carbonyl (C=O) groups excluding carboxylic acids is 2. The van der Waals surface area contributed by atoms with Gasteiger partial charge in [0.15, 0.2) is 0 Å². The Morgan fingerprint density at radius 1 is 1.56 bits per heavy atom. The standard InChI is InChI=1S/C10H14N4O2/c1-3-4-9(15)13-8-5-12-14(6-8)7-10(16)11-2/h3-6H,7H2,1-2H3,(H,11,16)(H,13,15). The lowest BCUT2D eigenvalue weighted by Gasteiger charge is -1.99. The summed E-state index contributed by atoms with van der Waals surface area (Å²) in [5.41, 5.74) is 0.562. The van der Waals surface area contributed by atoms with Gasteiger partial charge in [0.25, 0.3) is 0 Å². The fourth-order valence-electron chi connectivity index (χ4n) is 1.08. The van der Waals surface area contributed by atoms with Crippen LogP contribution in [0.2, 0.25) is 0 Å². The van der Waals surface area contributed by atoms with Crippen LogP contribution in [-0.4, -0.2) is 28.6 Å². The van der Waals surface area contributed by atoms with Crippen LogP contribution in [0.1, 0.15) is 6.92 Å². The first-order chi connectivity index (χ1) is 7.65. The van der Waals surface area contributed by atoms with Crippen molar-refractivity contribution in [1.82, 2.24) is 15.1 Å². The molecule has 2 N–H and O–H groups in total. The Balaban J connectivity index is 2.58. The van der Waals surface area contributed by atoms with Crippen LogP contribution in [0.25, 0.3) is 0 Å². The number of likely N-dealkylation sites (N-methyl/N-ethyl adjacent to an activating group) is 1. The van der Waals surface area contributed by atoms with Crippen molar-refractivity contribution < 1.29 is 9.59 Å². The van der Waals surface area contributed by atoms with E-state index in [1.54, 1.807) is 26.2 Å². The van der Waals surface area contributed by atoms with E-state index in [1.807, 2.05) is 0 Å². The quantitative estimate of drug-likeness (QED) is 0.712. The van der Waals surface area contributed by atoms with Crippen LogP contribution in [0.3, 0.4) is 0 Å². The first kappa shape index (κ1) is 12.0. The van der Waals surface area contributed by atoms with Gasteiger partial charge >= 0.3 is 0 Å². The molecule has 0 saturated carbocycles. The average Bonchev–Trinajstić information content (AvgIpc) is 2.65. The van der Waals surface area contributed by atoms with Crippen molar-refractivity contribution in [1.29, 1.82) is 0 Å². The third-order valence-corrected chi connectivity index (χ3v) is 1.80. The molecule has 0 fully saturated rings. The second-order valence-electron chi connectivity index (χ2n) is 3.09. The van der Waals surface area contributed by atoms with Crippen molar-refractivity contribution in [3.05, 3.63) is 24.5 Å². The highest BCUT2D eigenvalue weighted by Crippen LogP contribution is 2.04. The Morgan fingerprint density at radius 2 is 2.31 bits per heavy atom. The number of aromatic nitrogens is 2. The largest absolute Gasteiger partial charge is 0.358 e. The molecule has 0 atom stereocenters. The van der Waals surface area contributed by atoms with E-state index in [4.69, 9.17) is 0 Å². The maximum absolute atomic E-state index is 11.2. The van der Waals surface area contributed by atoms with E-state index in [0.29, 0.717) is 5.69 Å². The molecule has 1 aromatic heterocycles. The maximum atomic E-state index is 11.2. The van der Waals surface area contributed by atoms with E-state index in [2.05, 4.69) is 15.7 Å². The predicted molar refractivity (Wildman–Crippen MR) is 59.7 cm³/mol. The molecule has 0 aromatic carbocycles. The second-order valence-corrected chi connectivity index (χ2v) is 3.09. The minimum absolute atomic E-state index is 0.135. The second kappa shape index (κ2) is 5.69. The van der Waals surface area contributed by atoms with Gasteiger partial charge in [0.05, 0.1) is 11.9 Å². The lowest BCUT2D eigenvalue weighted by molar-refractivity contribution is -0.121. The summed E-state index contributed by atoms with van der Waals surface area (Å²) in [4.78, 5) is 22.2. The van der Waals surface area contributed by atoms with Gasteiger partial charge in [-0.05, 0) is 13.0 Å². The highest BCUT2D eigenvalue weighted by Gasteiger charge is 2.03. The Labute approximate surface area is 93.3 Å². The van der Waals surface area contributed by atoms with Crippen molar-refractivity contribution in [3.8, 4) is 0 Å². The zero-order valence-corrected chi connectivity index (χ0v) is 9.23. The van der Waals surface area contributed by atoms with Crippen LogP contribution in [0, 0.1) is 0 Å². The molecule has 0 aliphatic carbocycles. The SMILES string of the molecule is CC=CC(=O)Nc1cnn(CC(=O)NC)c1. The van der Waals surface area contributed by atoms with E-state index in [-0.39, 0.29) is 18.4 Å². The fourth-order valence-corrected chi connectivity index (χ4v) is 1.08. The maximum Gasteiger partial charge on any atom is 0.248 e. The average molecular weight is 222 g/mol. The number of hydrogen-bond acceptors (Lipinski definition) is 3. The number of nitrogens with one attached hydrogen (secondary N) is 2. The van der Waals surface area contributed by atoms with Gasteiger partial charge in [-0.1, -0.05) is 6.08 Å². The van der Waals surface area contributed by atoms with Gasteiger partial charge in [0, 0.05) is 13.2 Å². The summed E-state index contributed by atoms with van der Waals surface area (Å²) in [5.74, 6) is -0.364. The van der Waals surface area contributed by atoms with Crippen LogP contribution >= 0.6 is 0 Å². The van der Waals surface area contributed by atoms with Crippen LogP contribution in [-0.2, 0) is 16.1 Å². The molecule has 0 spiro atoms. The number of amides is 2. The van der Waals surface area contributed by atoms with Gasteiger partial charge in [-0.25, -0.2) is 0 Å². The summed E-state index contributed by atoms with van der Waals surface area (Å²) in [6.07, 6.45) is 6.14. The van der Waals surface area contributed by atoms with Gasteiger partial charge < -0.3 is 10.6 Å². The molecule has 0 saturated heterocycles. The van der Waals surface area contributed by atoms with E-state index < -0.39 is 0 Å². The molecule has 1 aromatic rings. The zero-order chi connectivity index (χ0) is 12.0. The molecule has 0 unspecified atom stereocenters. The monoisotopic (exact) mass is 222 g/mol. The molecule has 6 nitrogen and oxygen atoms in total. The molecular weight excluding hydrogens is 208 g/mol. The van der Waals surface area contributed by atoms with Crippen molar-refractivity contribution in [2.45, 2.75) is 13.5 Å². The van der Waals surface area contributed by atoms with Crippen LogP contribution in [0.5, 0.6) is 0 Å². The van der Waals surface area contributed by atoms with Crippen molar-refractivity contribution in [2.24, 2.45) is 0 Å². The lowest BCUT2D eigenvalue weighted by Crippen LogP contribution is -2.23. The number of rotatable bonds is 4. The third-order valence-electron chi connectivity index (χ3n) is 1.80. The molecule has 1 heterocycles. The fraction of sp³-hybridized carbons (Fsp3) is 0.300. The Kier molecular flexibility index (Phi) is 4.26. The van der Waals surface area contributed by atoms with Crippen molar-refractivity contribution >= 4 is 17.5 Å². The molecule has 6 heteroatoms. The van der Waals surface area contributed by atoms with Gasteiger partial charge in [-0.15, -0.1) is 0 Å². The highest BCUT2D eigenvalue weighted by molar-refractivity contribution is 5.99. The number of hydrogen-bond donors (Lipinski definition) is 2. The molecule has 0 bridgehead atoms. The summed E-state index contributed by atoms with van der Waals surface area (Å²) >= 11 is 0. The van der Waals surface area contributed by atoms with Crippen LogP contribution in [0.15, 0.2) is 24.5 Å². The molecule has 16 heavy (non-hydrogen) atoms. The van der Waals surface area contributed by atoms with Crippen LogP contribution < -0.4 is 10.6 Å². The number of allylic oxidation sites excluding steroid dienone is 1. The summed E-state index contributed by atoms with van der Waals surface area (Å²) < 4.78 is 1.45. The number of carbonyl (C=O) groups is 2. The summed E-state index contributed by atoms with van der Waals surface area (Å²) in [6, 6.07) is 0. The molecule has 1 rings (SSSR count). The van der Waals surface area contributed by atoms with Gasteiger partial charge in [-0.2, -0.15) is 5.10 Å². The third kappa shape index (κ3) is 3.56. The summed E-state index contributed by atoms with van der Waals surface area (Å²) in [6.45, 7) is 1.89. The predicted octanol–water partition coefficient (Wildman–Crippen LogP) is 0.144. The van der Waals surface area contributed by atoms with E-state index in [0.717, 1.165) is 0 Å². The molecule has 86 valence electrons. The Morgan fingerprint density at radius 3 is 2.94 bits per heavy atom. The van der Waals surface area contributed by atoms with Crippen LogP contribution in [0.4, 0.5) is 5.69 Å². The first-order valence-corrected chi connectivity index (χ1v) is 4.82. The topological polar surface area (TPSA) is 76.0 Å². The van der Waals surface area contributed by atoms with Gasteiger partial charge in [0.2, 0.25) is 11.8 Å². The molecular formula is C10H14N4O2. The lowest BCUT2D eigenvalue weighted by atomic mass is 10.4. The summed E-state index contributed by atoms with van der Waals surface area (Å²) in [5, 5.41) is 9.03. The van der Waals surface area contributed by atoms with Gasteiger partial charge in [-0.3, -0.25) is 14.3 Å². The minimum Gasteiger partial charge on any atom is -0.358 e. The molecule has 2 amide bonds. The normalized spacial score (nSPS) is 10.4. The minimum atomic E-state index is -0.220. The van der Waals surface area contributed by atoms with E-state index >= 15 is 0 Å². The number of nitrogens with zero attached hydrogens (tertiary/aromatic N) is 2. The summed E-state index contributed by atoms with van der Waals surface area (Å²) in [7, 11) is 1.56. The number of anilines is 1. The Bertz CT molecular complexity index is 409. The highest BCUT2D eigenvalue weighted by atomic mass is 16.2. The zero-order valence-electron chi connectivity index (χ0n) is 9.23. The van der Waals surface area contributed by atoms with Crippen molar-refractivity contribution in [2.75, 3.05) is 12.4 Å². The molecule has 0 radical (unpaired) electrons. The first-order valence-electron chi connectivity index (χ1n) is 4.82. The Hall–Kier alpha value is -2.11. The molecule has 0 aliphatic rings. The smallest absolute Gasteiger partial charge is 0.248 e. The van der Waals surface area contributed by atoms with Gasteiger partial charge in [0.1, 0.15) is 6.54 Å². The van der Waals surface area contributed by atoms with E-state index in [1.165, 1.54) is 17.0 Å². The molecule has 0 aliphatic heterocycles.